The minimum absolute atomic E-state index is 0.0521. The molecule has 3 N–H and O–H groups in total. The molecule has 0 unspecified atom stereocenters. The van der Waals surface area contributed by atoms with E-state index in [2.05, 4.69) is 19.6 Å². The van der Waals surface area contributed by atoms with E-state index in [4.69, 9.17) is 0 Å². The van der Waals surface area contributed by atoms with E-state index in [-0.39, 0.29) is 11.9 Å². The summed E-state index contributed by atoms with van der Waals surface area (Å²) in [5, 5.41) is 0. The zero-order valence-electron chi connectivity index (χ0n) is 8.45. The van der Waals surface area contributed by atoms with Crippen molar-refractivity contribution in [3.63, 3.8) is 0 Å². The fourth-order valence-electron chi connectivity index (χ4n) is 1.35. The lowest BCUT2D eigenvalue weighted by atomic mass is 9.99. The molecule has 1 heterocycles. The predicted octanol–water partition coefficient (Wildman–Crippen LogP) is 0.176. The average molecular weight is 203 g/mol. The normalized spacial score (nSPS) is 21.6. The van der Waals surface area contributed by atoms with Gasteiger partial charge in [-0.1, -0.05) is 13.8 Å². The third-order valence-electron chi connectivity index (χ3n) is 2.71. The highest BCUT2D eigenvalue weighted by atomic mass is 32.2. The van der Waals surface area contributed by atoms with E-state index >= 15 is 0 Å². The second-order valence-corrected chi connectivity index (χ2v) is 4.71. The number of hydrogen-bond acceptors (Lipinski definition) is 2. The first-order valence-corrected chi connectivity index (χ1v) is 6.02. The maximum Gasteiger partial charge on any atom is 0.281 e. The smallest absolute Gasteiger partial charge is 0.281 e. The summed E-state index contributed by atoms with van der Waals surface area (Å²) in [6.07, 6.45) is 1.03. The number of carbonyl (C=O) groups is 1. The van der Waals surface area contributed by atoms with Crippen LogP contribution in [0.2, 0.25) is 0 Å². The van der Waals surface area contributed by atoms with E-state index in [9.17, 15) is 4.79 Å². The molecule has 0 aromatic rings. The summed E-state index contributed by atoms with van der Waals surface area (Å²) in [6, 6.07) is -0.0521. The molecule has 1 amide bonds. The second kappa shape index (κ2) is 4.86. The summed E-state index contributed by atoms with van der Waals surface area (Å²) in [5.41, 5.74) is 3.95. The van der Waals surface area contributed by atoms with Crippen LogP contribution in [0.5, 0.6) is 0 Å². The van der Waals surface area contributed by atoms with Crippen LogP contribution >= 0.6 is 11.8 Å². The molecule has 1 rings (SSSR count). The first-order chi connectivity index (χ1) is 6.16. The number of nitrogens with zero attached hydrogens (tertiary/aromatic N) is 1. The van der Waals surface area contributed by atoms with Crippen molar-refractivity contribution in [1.29, 1.82) is 0 Å². The van der Waals surface area contributed by atoms with Crippen LogP contribution in [0.15, 0.2) is 0 Å². The van der Waals surface area contributed by atoms with Crippen LogP contribution in [0.1, 0.15) is 20.3 Å². The molecule has 1 saturated heterocycles. The van der Waals surface area contributed by atoms with E-state index in [1.807, 2.05) is 16.7 Å². The zero-order valence-corrected chi connectivity index (χ0v) is 9.27. The van der Waals surface area contributed by atoms with Crippen LogP contribution in [-0.4, -0.2) is 35.0 Å². The number of thioether (sulfide) groups is 1. The lowest BCUT2D eigenvalue weighted by Gasteiger charge is -2.20. The maximum absolute atomic E-state index is 11.8. The molecule has 0 aromatic heterocycles. The molecule has 0 bridgehead atoms. The third-order valence-corrected chi connectivity index (χ3v) is 3.68. The van der Waals surface area contributed by atoms with Crippen LogP contribution in [0.3, 0.4) is 0 Å². The molecule has 4 heteroatoms. The topological polar surface area (TPSA) is 48.0 Å². The first-order valence-electron chi connectivity index (χ1n) is 4.86. The van der Waals surface area contributed by atoms with Crippen molar-refractivity contribution in [1.82, 2.24) is 4.90 Å². The Balaban J connectivity index is 2.45. The minimum atomic E-state index is -0.0521. The Morgan fingerprint density at radius 1 is 1.69 bits per heavy atom. The quantitative estimate of drug-likeness (QED) is 0.711. The van der Waals surface area contributed by atoms with E-state index < -0.39 is 0 Å². The fourth-order valence-corrected chi connectivity index (χ4v) is 2.31. The summed E-state index contributed by atoms with van der Waals surface area (Å²) >= 11 is 1.82. The maximum atomic E-state index is 11.8. The van der Waals surface area contributed by atoms with Crippen LogP contribution in [-0.2, 0) is 4.79 Å². The van der Waals surface area contributed by atoms with Gasteiger partial charge in [0.05, 0.1) is 5.88 Å². The molecular formula is C9H19N2OS+. The second-order valence-electron chi connectivity index (χ2n) is 3.63. The van der Waals surface area contributed by atoms with Gasteiger partial charge in [0.25, 0.3) is 5.91 Å². The van der Waals surface area contributed by atoms with Crippen LogP contribution in [0.4, 0.5) is 0 Å². The van der Waals surface area contributed by atoms with Gasteiger partial charge in [-0.3, -0.25) is 4.79 Å². The Kier molecular flexibility index (Phi) is 4.06. The lowest BCUT2D eigenvalue weighted by Crippen LogP contribution is -2.70. The summed E-state index contributed by atoms with van der Waals surface area (Å²) in [7, 11) is 0. The van der Waals surface area contributed by atoms with Crippen molar-refractivity contribution in [2.24, 2.45) is 5.92 Å². The van der Waals surface area contributed by atoms with Gasteiger partial charge in [0.2, 0.25) is 0 Å². The molecule has 2 atom stereocenters. The lowest BCUT2D eigenvalue weighted by molar-refractivity contribution is -0.417. The van der Waals surface area contributed by atoms with Gasteiger partial charge in [-0.15, -0.1) is 11.8 Å². The van der Waals surface area contributed by atoms with Gasteiger partial charge in [0.1, 0.15) is 0 Å². The van der Waals surface area contributed by atoms with Crippen molar-refractivity contribution in [3.05, 3.63) is 0 Å². The van der Waals surface area contributed by atoms with Crippen molar-refractivity contribution in [3.8, 4) is 0 Å². The van der Waals surface area contributed by atoms with E-state index in [1.165, 1.54) is 0 Å². The number of amides is 1. The number of rotatable bonds is 3. The highest BCUT2D eigenvalue weighted by Crippen LogP contribution is 2.16. The van der Waals surface area contributed by atoms with Gasteiger partial charge >= 0.3 is 0 Å². The van der Waals surface area contributed by atoms with E-state index in [1.54, 1.807) is 0 Å². The Bertz CT molecular complexity index is 180. The highest BCUT2D eigenvalue weighted by Gasteiger charge is 2.29. The van der Waals surface area contributed by atoms with E-state index in [0.717, 1.165) is 24.6 Å². The summed E-state index contributed by atoms with van der Waals surface area (Å²) in [5.74, 6) is 2.58. The Labute approximate surface area is 84.0 Å². The molecule has 1 aliphatic rings. The molecule has 1 aliphatic heterocycles. The number of carbonyl (C=O) groups excluding carboxylic acids is 1. The standard InChI is InChI=1S/C9H18N2OS/c1-3-7(2)8(10)9(12)11-4-5-13-6-11/h7-8H,3-6,10H2,1-2H3/p+1/t7-,8-/m0/s1. The Morgan fingerprint density at radius 3 is 2.85 bits per heavy atom. The molecule has 0 aromatic carbocycles. The van der Waals surface area contributed by atoms with Crippen molar-refractivity contribution in [2.75, 3.05) is 18.2 Å². The van der Waals surface area contributed by atoms with Gasteiger partial charge in [0.15, 0.2) is 6.04 Å². The number of hydrogen-bond donors (Lipinski definition) is 1. The first kappa shape index (κ1) is 10.9. The monoisotopic (exact) mass is 203 g/mol. The van der Waals surface area contributed by atoms with Gasteiger partial charge < -0.3 is 10.6 Å². The van der Waals surface area contributed by atoms with Gasteiger partial charge in [-0.25, -0.2) is 0 Å². The molecular weight excluding hydrogens is 184 g/mol. The summed E-state index contributed by atoms with van der Waals surface area (Å²) in [6.45, 7) is 5.11. The largest absolute Gasteiger partial charge is 0.347 e. The van der Waals surface area contributed by atoms with Crippen molar-refractivity contribution < 1.29 is 10.5 Å². The minimum Gasteiger partial charge on any atom is -0.347 e. The van der Waals surface area contributed by atoms with Crippen molar-refractivity contribution >= 4 is 17.7 Å². The summed E-state index contributed by atoms with van der Waals surface area (Å²) in [4.78, 5) is 13.7. The Hall–Kier alpha value is -0.220. The molecule has 0 saturated carbocycles. The van der Waals surface area contributed by atoms with Crippen LogP contribution < -0.4 is 5.73 Å². The molecule has 3 nitrogen and oxygen atoms in total. The highest BCUT2D eigenvalue weighted by molar-refractivity contribution is 7.99. The van der Waals surface area contributed by atoms with Gasteiger partial charge in [0, 0.05) is 18.2 Å². The van der Waals surface area contributed by atoms with E-state index in [0.29, 0.717) is 5.92 Å². The molecule has 0 spiro atoms. The zero-order chi connectivity index (χ0) is 9.84. The predicted molar refractivity (Wildman–Crippen MR) is 55.2 cm³/mol. The Morgan fingerprint density at radius 2 is 2.38 bits per heavy atom. The average Bonchev–Trinajstić information content (AvgIpc) is 2.67. The fraction of sp³-hybridized carbons (Fsp3) is 0.889. The summed E-state index contributed by atoms with van der Waals surface area (Å²) < 4.78 is 0. The van der Waals surface area contributed by atoms with Crippen molar-refractivity contribution in [2.45, 2.75) is 26.3 Å². The van der Waals surface area contributed by atoms with Gasteiger partial charge in [-0.05, 0) is 6.42 Å². The molecule has 13 heavy (non-hydrogen) atoms. The SMILES string of the molecule is CC[C@H](C)[C@H]([NH3+])C(=O)N1CCSC1. The molecule has 0 aliphatic carbocycles. The third kappa shape index (κ3) is 2.61. The van der Waals surface area contributed by atoms with Crippen LogP contribution in [0, 0.1) is 5.92 Å². The molecule has 0 radical (unpaired) electrons. The molecule has 1 fully saturated rings. The number of quaternary nitrogens is 1. The van der Waals surface area contributed by atoms with Crippen LogP contribution in [0.25, 0.3) is 0 Å². The molecule has 76 valence electrons. The van der Waals surface area contributed by atoms with Gasteiger partial charge in [-0.2, -0.15) is 0 Å².